The number of rotatable bonds is 5. The van der Waals surface area contributed by atoms with E-state index in [0.717, 1.165) is 61.0 Å². The second kappa shape index (κ2) is 9.64. The van der Waals surface area contributed by atoms with Gasteiger partial charge in [0.2, 0.25) is 17.7 Å². The van der Waals surface area contributed by atoms with E-state index in [1.54, 1.807) is 24.9 Å². The molecule has 8 nitrogen and oxygen atoms in total. The molecule has 0 atom stereocenters. The summed E-state index contributed by atoms with van der Waals surface area (Å²) in [6.45, 7) is 0. The molecule has 0 saturated heterocycles. The Labute approximate surface area is 249 Å². The average Bonchev–Trinajstić information content (AvgIpc) is 3.90. The highest BCUT2D eigenvalue weighted by Crippen LogP contribution is 2.42. The number of pyridine rings is 1. The van der Waals surface area contributed by atoms with Crippen LogP contribution in [0.15, 0.2) is 141 Å². The standard InChI is InChI=1S/C36H21N5O3/c1-2-10-33-30(9-1)40-36(44-33)28-21-32-26(20-27(28)35-39-15-17-43-35)25-19-23(34-38-14-16-42-34)11-12-31(25)41(32)24-7-5-6-22(18-24)29-8-3-4-13-37-29/h1-21H. The number of fused-ring (bicyclic) bond motifs is 4. The van der Waals surface area contributed by atoms with Gasteiger partial charge >= 0.3 is 0 Å². The molecular formula is C36H21N5O3. The van der Waals surface area contributed by atoms with Crippen LogP contribution in [0.3, 0.4) is 0 Å². The smallest absolute Gasteiger partial charge is 0.228 e. The molecule has 0 saturated carbocycles. The minimum atomic E-state index is 0.478. The highest BCUT2D eigenvalue weighted by molar-refractivity contribution is 6.13. The van der Waals surface area contributed by atoms with Crippen molar-refractivity contribution in [3.8, 4) is 51.3 Å². The van der Waals surface area contributed by atoms with Crippen molar-refractivity contribution in [2.24, 2.45) is 0 Å². The van der Waals surface area contributed by atoms with Crippen molar-refractivity contribution in [2.45, 2.75) is 0 Å². The molecule has 0 aliphatic heterocycles. The number of aromatic nitrogens is 5. The number of benzene rings is 4. The Bertz CT molecular complexity index is 2410. The van der Waals surface area contributed by atoms with Crippen LogP contribution in [0.4, 0.5) is 0 Å². The summed E-state index contributed by atoms with van der Waals surface area (Å²) in [6, 6.07) is 32.5. The van der Waals surface area contributed by atoms with Gasteiger partial charge in [-0.1, -0.05) is 30.3 Å². The van der Waals surface area contributed by atoms with Crippen molar-refractivity contribution in [1.29, 1.82) is 0 Å². The second-order valence-electron chi connectivity index (χ2n) is 10.4. The minimum Gasteiger partial charge on any atom is -0.445 e. The third-order valence-corrected chi connectivity index (χ3v) is 7.84. The van der Waals surface area contributed by atoms with Crippen LogP contribution in [0.25, 0.3) is 84.2 Å². The number of para-hydroxylation sites is 2. The molecule has 0 aliphatic rings. The molecule has 9 rings (SSSR count). The van der Waals surface area contributed by atoms with Crippen LogP contribution in [-0.2, 0) is 0 Å². The summed E-state index contributed by atoms with van der Waals surface area (Å²) in [5.74, 6) is 1.52. The normalized spacial score (nSPS) is 11.6. The van der Waals surface area contributed by atoms with E-state index >= 15 is 0 Å². The van der Waals surface area contributed by atoms with Crippen molar-refractivity contribution < 1.29 is 13.3 Å². The summed E-state index contributed by atoms with van der Waals surface area (Å²) in [5, 5.41) is 2.03. The van der Waals surface area contributed by atoms with Gasteiger partial charge in [0.05, 0.1) is 40.2 Å². The Morgan fingerprint density at radius 2 is 1.36 bits per heavy atom. The zero-order chi connectivity index (χ0) is 29.0. The summed E-state index contributed by atoms with van der Waals surface area (Å²) in [5.41, 5.74) is 8.81. The number of nitrogens with zero attached hydrogens (tertiary/aromatic N) is 5. The summed E-state index contributed by atoms with van der Waals surface area (Å²) in [7, 11) is 0. The quantitative estimate of drug-likeness (QED) is 0.203. The monoisotopic (exact) mass is 571 g/mol. The van der Waals surface area contributed by atoms with Crippen LogP contribution in [0, 0.1) is 0 Å². The van der Waals surface area contributed by atoms with Gasteiger partial charge in [-0.05, 0) is 66.7 Å². The van der Waals surface area contributed by atoms with Crippen LogP contribution < -0.4 is 0 Å². The van der Waals surface area contributed by atoms with Crippen molar-refractivity contribution in [3.63, 3.8) is 0 Å². The largest absolute Gasteiger partial charge is 0.445 e. The zero-order valence-electron chi connectivity index (χ0n) is 23.1. The van der Waals surface area contributed by atoms with Gasteiger partial charge in [0.1, 0.15) is 18.0 Å². The first-order valence-electron chi connectivity index (χ1n) is 14.1. The SMILES string of the molecule is c1ccc(-c2cccc(-n3c4ccc(-c5ncco5)cc4c4cc(-c5ncco5)c(-c5nc6ccccc6o5)cc43)c2)nc1. The first kappa shape index (κ1) is 24.3. The average molecular weight is 572 g/mol. The molecule has 208 valence electrons. The fraction of sp³-hybridized carbons (Fsp3) is 0. The molecule has 0 radical (unpaired) electrons. The van der Waals surface area contributed by atoms with Crippen LogP contribution >= 0.6 is 0 Å². The lowest BCUT2D eigenvalue weighted by Gasteiger charge is -2.11. The highest BCUT2D eigenvalue weighted by Gasteiger charge is 2.22. The topological polar surface area (TPSA) is 95.9 Å². The molecule has 44 heavy (non-hydrogen) atoms. The van der Waals surface area contributed by atoms with E-state index in [0.29, 0.717) is 23.3 Å². The van der Waals surface area contributed by atoms with E-state index in [2.05, 4.69) is 68.0 Å². The third-order valence-electron chi connectivity index (χ3n) is 7.84. The molecule has 0 amide bonds. The van der Waals surface area contributed by atoms with Gasteiger partial charge < -0.3 is 17.8 Å². The lowest BCUT2D eigenvalue weighted by atomic mass is 10.0. The van der Waals surface area contributed by atoms with Gasteiger partial charge in [-0.25, -0.2) is 15.0 Å². The number of hydrogen-bond acceptors (Lipinski definition) is 7. The van der Waals surface area contributed by atoms with Crippen LogP contribution in [-0.4, -0.2) is 24.5 Å². The Morgan fingerprint density at radius 3 is 2.18 bits per heavy atom. The molecule has 0 unspecified atom stereocenters. The van der Waals surface area contributed by atoms with Gasteiger partial charge in [0.25, 0.3) is 0 Å². The Kier molecular flexibility index (Phi) is 5.33. The lowest BCUT2D eigenvalue weighted by molar-refractivity contribution is 0.573. The minimum absolute atomic E-state index is 0.478. The predicted octanol–water partition coefficient (Wildman–Crippen LogP) is 8.96. The molecule has 8 heteroatoms. The molecular weight excluding hydrogens is 550 g/mol. The molecule has 0 spiro atoms. The fourth-order valence-corrected chi connectivity index (χ4v) is 5.88. The van der Waals surface area contributed by atoms with Gasteiger partial charge in [-0.3, -0.25) is 4.98 Å². The first-order chi connectivity index (χ1) is 21.8. The van der Waals surface area contributed by atoms with Gasteiger partial charge in [-0.15, -0.1) is 0 Å². The Hall–Kier alpha value is -6.28. The van der Waals surface area contributed by atoms with Gasteiger partial charge in [-0.2, -0.15) is 0 Å². The molecule has 4 aromatic carbocycles. The molecule has 9 aromatic rings. The Morgan fingerprint density at radius 1 is 0.545 bits per heavy atom. The van der Waals surface area contributed by atoms with Crippen molar-refractivity contribution in [1.82, 2.24) is 24.5 Å². The number of hydrogen-bond donors (Lipinski definition) is 0. The Balaban J connectivity index is 1.37. The van der Waals surface area contributed by atoms with Crippen LogP contribution in [0.2, 0.25) is 0 Å². The summed E-state index contributed by atoms with van der Waals surface area (Å²) in [4.78, 5) is 18.3. The van der Waals surface area contributed by atoms with E-state index in [4.69, 9.17) is 18.2 Å². The van der Waals surface area contributed by atoms with Crippen LogP contribution in [0.5, 0.6) is 0 Å². The van der Waals surface area contributed by atoms with Crippen molar-refractivity contribution >= 4 is 32.9 Å². The maximum atomic E-state index is 6.29. The zero-order valence-corrected chi connectivity index (χ0v) is 23.1. The first-order valence-corrected chi connectivity index (χ1v) is 14.1. The molecule has 0 fully saturated rings. The van der Waals surface area contributed by atoms with Crippen LogP contribution in [0.1, 0.15) is 0 Å². The molecule has 0 N–H and O–H groups in total. The van der Waals surface area contributed by atoms with Gasteiger partial charge in [0.15, 0.2) is 5.58 Å². The van der Waals surface area contributed by atoms with Crippen molar-refractivity contribution in [2.75, 3.05) is 0 Å². The summed E-state index contributed by atoms with van der Waals surface area (Å²) >= 11 is 0. The lowest BCUT2D eigenvalue weighted by Crippen LogP contribution is -1.96. The molecule has 5 aromatic heterocycles. The predicted molar refractivity (Wildman–Crippen MR) is 168 cm³/mol. The molecule has 0 aliphatic carbocycles. The van der Waals surface area contributed by atoms with Crippen molar-refractivity contribution in [3.05, 3.63) is 128 Å². The maximum absolute atomic E-state index is 6.29. The highest BCUT2D eigenvalue weighted by atomic mass is 16.4. The third kappa shape index (κ3) is 3.85. The van der Waals surface area contributed by atoms with E-state index in [1.165, 1.54) is 0 Å². The summed E-state index contributed by atoms with van der Waals surface area (Å²) < 4.78 is 20.0. The fourth-order valence-electron chi connectivity index (χ4n) is 5.88. The molecule has 0 bridgehead atoms. The maximum Gasteiger partial charge on any atom is 0.228 e. The van der Waals surface area contributed by atoms with E-state index in [-0.39, 0.29) is 0 Å². The van der Waals surface area contributed by atoms with E-state index < -0.39 is 0 Å². The number of oxazole rings is 3. The second-order valence-corrected chi connectivity index (χ2v) is 10.4. The molecule has 5 heterocycles. The van der Waals surface area contributed by atoms with E-state index in [9.17, 15) is 0 Å². The summed E-state index contributed by atoms with van der Waals surface area (Å²) in [6.07, 6.45) is 8.26. The van der Waals surface area contributed by atoms with Gasteiger partial charge in [0, 0.05) is 33.8 Å². The van der Waals surface area contributed by atoms with E-state index in [1.807, 2.05) is 54.7 Å².